The van der Waals surface area contributed by atoms with E-state index in [4.69, 9.17) is 16.3 Å². The van der Waals surface area contributed by atoms with Gasteiger partial charge in [0, 0.05) is 4.90 Å². The van der Waals surface area contributed by atoms with Crippen LogP contribution in [0, 0.1) is 12.7 Å². The van der Waals surface area contributed by atoms with Gasteiger partial charge in [-0.3, -0.25) is 4.79 Å². The van der Waals surface area contributed by atoms with Crippen LogP contribution in [0.3, 0.4) is 0 Å². The average Bonchev–Trinajstić information content (AvgIpc) is 2.97. The zero-order valence-electron chi connectivity index (χ0n) is 14.6. The molecule has 1 heterocycles. The van der Waals surface area contributed by atoms with E-state index in [1.807, 2.05) is 0 Å². The second-order valence-corrected chi connectivity index (χ2v) is 7.63. The topological polar surface area (TPSA) is 81.7 Å². The Labute approximate surface area is 168 Å². The summed E-state index contributed by atoms with van der Waals surface area (Å²) in [5.41, 5.74) is 0.470. The van der Waals surface area contributed by atoms with Crippen LogP contribution < -0.4 is 5.32 Å². The van der Waals surface area contributed by atoms with Gasteiger partial charge in [-0.1, -0.05) is 11.6 Å². The minimum atomic E-state index is -0.674. The molecule has 0 saturated carbocycles. The number of benzene rings is 1. The van der Waals surface area contributed by atoms with Crippen molar-refractivity contribution in [1.29, 1.82) is 0 Å². The van der Waals surface area contributed by atoms with E-state index < -0.39 is 23.7 Å². The highest BCUT2D eigenvalue weighted by atomic mass is 35.5. The predicted molar refractivity (Wildman–Crippen MR) is 102 cm³/mol. The number of anilines is 1. The molecule has 144 valence electrons. The lowest BCUT2D eigenvalue weighted by molar-refractivity contribution is -0.113. The molecule has 0 spiro atoms. The number of halogens is 2. The Kier molecular flexibility index (Phi) is 7.23. The molecule has 0 bridgehead atoms. The number of hydrogen-bond donors (Lipinski definition) is 1. The quantitative estimate of drug-likeness (QED) is 0.546. The summed E-state index contributed by atoms with van der Waals surface area (Å²) in [6.07, 6.45) is 0. The molecule has 0 aliphatic heterocycles. The van der Waals surface area contributed by atoms with Crippen LogP contribution in [0.15, 0.2) is 23.1 Å². The number of esters is 2. The van der Waals surface area contributed by atoms with Gasteiger partial charge in [0.25, 0.3) is 0 Å². The lowest BCUT2D eigenvalue weighted by Gasteiger charge is -2.06. The van der Waals surface area contributed by atoms with Gasteiger partial charge in [0.2, 0.25) is 5.91 Å². The Morgan fingerprint density at radius 2 is 1.89 bits per heavy atom. The second kappa shape index (κ2) is 9.20. The molecule has 0 fully saturated rings. The molecule has 0 radical (unpaired) electrons. The first-order valence-electron chi connectivity index (χ1n) is 7.46. The third-order valence-corrected chi connectivity index (χ3v) is 5.89. The van der Waals surface area contributed by atoms with Crippen molar-refractivity contribution in [2.45, 2.75) is 11.8 Å². The van der Waals surface area contributed by atoms with Crippen LogP contribution in [0.4, 0.5) is 9.39 Å². The van der Waals surface area contributed by atoms with E-state index in [1.54, 1.807) is 6.92 Å². The number of carbonyl (C=O) groups excluding carboxylic acids is 3. The maximum atomic E-state index is 13.2. The van der Waals surface area contributed by atoms with Gasteiger partial charge >= 0.3 is 11.9 Å². The lowest BCUT2D eigenvalue weighted by atomic mass is 10.1. The maximum absolute atomic E-state index is 13.2. The molecule has 10 heteroatoms. The van der Waals surface area contributed by atoms with Gasteiger partial charge in [-0.05, 0) is 30.7 Å². The molecule has 27 heavy (non-hydrogen) atoms. The standard InChI is InChI=1S/C17H15ClFNO5S2/c1-8-13(16(22)24-2)15(27-14(8)17(23)25-3)20-12(21)7-26-9-4-5-11(19)10(18)6-9/h4-6H,7H2,1-3H3,(H,20,21). The Morgan fingerprint density at radius 1 is 1.22 bits per heavy atom. The maximum Gasteiger partial charge on any atom is 0.348 e. The normalized spacial score (nSPS) is 10.4. The number of hydrogen-bond acceptors (Lipinski definition) is 7. The van der Waals surface area contributed by atoms with Gasteiger partial charge in [0.1, 0.15) is 15.7 Å². The summed E-state index contributed by atoms with van der Waals surface area (Å²) in [6.45, 7) is 1.57. The first-order valence-corrected chi connectivity index (χ1v) is 9.64. The summed E-state index contributed by atoms with van der Waals surface area (Å²) in [5, 5.41) is 2.76. The first kappa shape index (κ1) is 21.2. The fourth-order valence-corrected chi connectivity index (χ4v) is 4.22. The third-order valence-electron chi connectivity index (χ3n) is 3.42. The second-order valence-electron chi connectivity index (χ2n) is 5.16. The van der Waals surface area contributed by atoms with Crippen LogP contribution in [0.25, 0.3) is 0 Å². The third kappa shape index (κ3) is 5.00. The number of methoxy groups -OCH3 is 2. The molecule has 0 atom stereocenters. The largest absolute Gasteiger partial charge is 0.465 e. The van der Waals surface area contributed by atoms with Gasteiger partial charge in [0.15, 0.2) is 0 Å². The van der Waals surface area contributed by atoms with Crippen LogP contribution in [0.2, 0.25) is 5.02 Å². The molecule has 2 rings (SSSR count). The monoisotopic (exact) mass is 431 g/mol. The van der Waals surface area contributed by atoms with Crippen LogP contribution in [-0.4, -0.2) is 37.8 Å². The van der Waals surface area contributed by atoms with Crippen molar-refractivity contribution < 1.29 is 28.2 Å². The lowest BCUT2D eigenvalue weighted by Crippen LogP contribution is -2.16. The Bertz CT molecular complexity index is 900. The van der Waals surface area contributed by atoms with Gasteiger partial charge in [0.05, 0.1) is 30.6 Å². The van der Waals surface area contributed by atoms with Crippen molar-refractivity contribution in [3.8, 4) is 0 Å². The van der Waals surface area contributed by atoms with E-state index in [0.29, 0.717) is 10.5 Å². The molecule has 6 nitrogen and oxygen atoms in total. The number of thiophene rings is 1. The number of thioether (sulfide) groups is 1. The van der Waals surface area contributed by atoms with E-state index in [2.05, 4.69) is 10.1 Å². The van der Waals surface area contributed by atoms with Gasteiger partial charge in [-0.2, -0.15) is 0 Å². The summed E-state index contributed by atoms with van der Waals surface area (Å²) in [7, 11) is 2.43. The number of nitrogens with one attached hydrogen (secondary N) is 1. The van der Waals surface area contributed by atoms with Crippen molar-refractivity contribution in [1.82, 2.24) is 0 Å². The molecule has 0 aliphatic rings. The van der Waals surface area contributed by atoms with E-state index in [1.165, 1.54) is 32.4 Å². The van der Waals surface area contributed by atoms with Crippen molar-refractivity contribution in [3.05, 3.63) is 45.0 Å². The van der Waals surface area contributed by atoms with Crippen LogP contribution in [0.1, 0.15) is 25.6 Å². The molecule has 1 N–H and O–H groups in total. The molecule has 2 aromatic rings. The minimum absolute atomic E-state index is 0.00687. The van der Waals surface area contributed by atoms with Gasteiger partial charge < -0.3 is 14.8 Å². The number of carbonyl (C=O) groups is 3. The highest BCUT2D eigenvalue weighted by molar-refractivity contribution is 8.00. The predicted octanol–water partition coefficient (Wildman–Crippen LogP) is 4.15. The number of ether oxygens (including phenoxy) is 2. The summed E-state index contributed by atoms with van der Waals surface area (Å²) < 4.78 is 22.6. The van der Waals surface area contributed by atoms with E-state index in [-0.39, 0.29) is 26.2 Å². The van der Waals surface area contributed by atoms with Crippen LogP contribution in [0.5, 0.6) is 0 Å². The molecule has 1 aromatic carbocycles. The molecule has 0 aliphatic carbocycles. The van der Waals surface area contributed by atoms with E-state index in [9.17, 15) is 18.8 Å². The fraction of sp³-hybridized carbons (Fsp3) is 0.235. The smallest absolute Gasteiger partial charge is 0.348 e. The summed E-state index contributed by atoms with van der Waals surface area (Å²) in [5.74, 6) is -2.25. The molecule has 1 amide bonds. The first-order chi connectivity index (χ1) is 12.8. The average molecular weight is 432 g/mol. The van der Waals surface area contributed by atoms with Gasteiger partial charge in [-0.25, -0.2) is 14.0 Å². The summed E-state index contributed by atoms with van der Waals surface area (Å²) in [4.78, 5) is 37.0. The zero-order chi connectivity index (χ0) is 20.1. The van der Waals surface area contributed by atoms with Crippen molar-refractivity contribution in [2.75, 3.05) is 25.3 Å². The molecule has 1 aromatic heterocycles. The van der Waals surface area contributed by atoms with Crippen molar-refractivity contribution in [2.24, 2.45) is 0 Å². The van der Waals surface area contributed by atoms with Crippen molar-refractivity contribution in [3.63, 3.8) is 0 Å². The summed E-state index contributed by atoms with van der Waals surface area (Å²) in [6, 6.07) is 4.13. The van der Waals surface area contributed by atoms with Gasteiger partial charge in [-0.15, -0.1) is 23.1 Å². The number of rotatable bonds is 6. The minimum Gasteiger partial charge on any atom is -0.465 e. The van der Waals surface area contributed by atoms with Crippen LogP contribution >= 0.6 is 34.7 Å². The van der Waals surface area contributed by atoms with Crippen molar-refractivity contribution >= 4 is 57.5 Å². The fourth-order valence-electron chi connectivity index (χ4n) is 2.12. The Morgan fingerprint density at radius 3 is 2.48 bits per heavy atom. The van der Waals surface area contributed by atoms with E-state index in [0.717, 1.165) is 23.1 Å². The zero-order valence-corrected chi connectivity index (χ0v) is 16.9. The number of amides is 1. The van der Waals surface area contributed by atoms with Crippen LogP contribution in [-0.2, 0) is 14.3 Å². The Hall–Kier alpha value is -2.10. The van der Waals surface area contributed by atoms with E-state index >= 15 is 0 Å². The Balaban J connectivity index is 2.17. The summed E-state index contributed by atoms with van der Waals surface area (Å²) >= 11 is 7.79. The molecule has 0 saturated heterocycles. The highest BCUT2D eigenvalue weighted by Crippen LogP contribution is 2.34. The molecule has 0 unspecified atom stereocenters. The highest BCUT2D eigenvalue weighted by Gasteiger charge is 2.26. The SMILES string of the molecule is COC(=O)c1sc(NC(=O)CSc2ccc(F)c(Cl)c2)c(C(=O)OC)c1C. The molecular formula is C17H15ClFNO5S2. The molecular weight excluding hydrogens is 417 g/mol.